The zero-order valence-corrected chi connectivity index (χ0v) is 16.9. The van der Waals surface area contributed by atoms with Gasteiger partial charge in [-0.1, -0.05) is 12.1 Å². The molecule has 0 spiro atoms. The number of aromatic nitrogens is 5. The Kier molecular flexibility index (Phi) is 6.19. The number of nitrogens with zero attached hydrogens (tertiary/aromatic N) is 6. The Morgan fingerprint density at radius 1 is 1.16 bits per heavy atom. The minimum atomic E-state index is -4.73. The van der Waals surface area contributed by atoms with Crippen molar-refractivity contribution < 1.29 is 22.7 Å². The highest BCUT2D eigenvalue weighted by Crippen LogP contribution is 2.24. The van der Waals surface area contributed by atoms with Gasteiger partial charge >= 0.3 is 6.36 Å². The van der Waals surface area contributed by atoms with Gasteiger partial charge in [-0.2, -0.15) is 5.10 Å². The number of hydrogen-bond donors (Lipinski definition) is 1. The van der Waals surface area contributed by atoms with Crippen molar-refractivity contribution in [2.45, 2.75) is 25.7 Å². The molecule has 3 heterocycles. The number of halogens is 3. The number of alkyl halides is 3. The minimum absolute atomic E-state index is 0.115. The monoisotopic (exact) mass is 447 g/mol. The van der Waals surface area contributed by atoms with Crippen molar-refractivity contribution >= 4 is 11.7 Å². The first-order chi connectivity index (χ1) is 15.4. The van der Waals surface area contributed by atoms with Crippen LogP contribution in [0.4, 0.5) is 19.0 Å². The van der Waals surface area contributed by atoms with E-state index in [2.05, 4.69) is 30.1 Å². The Bertz CT molecular complexity index is 1040. The fourth-order valence-corrected chi connectivity index (χ4v) is 3.50. The van der Waals surface area contributed by atoms with Crippen LogP contribution in [0.1, 0.15) is 18.4 Å². The summed E-state index contributed by atoms with van der Waals surface area (Å²) in [5.74, 6) is 0.628. The highest BCUT2D eigenvalue weighted by molar-refractivity contribution is 5.79. The van der Waals surface area contributed by atoms with E-state index in [4.69, 9.17) is 0 Å². The summed E-state index contributed by atoms with van der Waals surface area (Å²) in [6.07, 6.45) is 1.23. The Balaban J connectivity index is 1.33. The third-order valence-electron chi connectivity index (χ3n) is 5.03. The number of nitrogens with one attached hydrogen (secondary N) is 1. The van der Waals surface area contributed by atoms with Crippen LogP contribution in [0.25, 0.3) is 5.82 Å². The maximum Gasteiger partial charge on any atom is 0.573 e. The molecule has 0 bridgehead atoms. The van der Waals surface area contributed by atoms with E-state index in [-0.39, 0.29) is 24.1 Å². The molecule has 32 heavy (non-hydrogen) atoms. The van der Waals surface area contributed by atoms with Crippen LogP contribution >= 0.6 is 0 Å². The van der Waals surface area contributed by atoms with Crippen LogP contribution in [0.15, 0.2) is 49.3 Å². The van der Waals surface area contributed by atoms with Gasteiger partial charge in [0.1, 0.15) is 30.5 Å². The standard InChI is InChI=1S/C20H20F3N7O2/c21-20(22,23)32-16-5-3-14(4-6-16)9-25-19(31)15-2-1-7-29(10-15)17-8-18(27-12-26-17)30-13-24-11-28-30/h3-6,8,11-13,15H,1-2,7,9-10H2,(H,25,31)/t15-/m0/s1. The topological polar surface area (TPSA) is 98.1 Å². The van der Waals surface area contributed by atoms with E-state index >= 15 is 0 Å². The van der Waals surface area contributed by atoms with Gasteiger partial charge in [0.15, 0.2) is 5.82 Å². The molecule has 1 aliphatic rings. The van der Waals surface area contributed by atoms with Crippen LogP contribution in [0.5, 0.6) is 5.75 Å². The number of hydrogen-bond acceptors (Lipinski definition) is 7. The number of ether oxygens (including phenoxy) is 1. The third-order valence-corrected chi connectivity index (χ3v) is 5.03. The molecular formula is C20H20F3N7O2. The lowest BCUT2D eigenvalue weighted by atomic mass is 9.97. The predicted octanol–water partition coefficient (Wildman–Crippen LogP) is 2.49. The number of rotatable bonds is 6. The summed E-state index contributed by atoms with van der Waals surface area (Å²) in [6, 6.07) is 7.21. The lowest BCUT2D eigenvalue weighted by Gasteiger charge is -2.32. The molecule has 1 atom stereocenters. The van der Waals surface area contributed by atoms with Gasteiger partial charge in [0.05, 0.1) is 5.92 Å². The summed E-state index contributed by atoms with van der Waals surface area (Å²) in [7, 11) is 0. The van der Waals surface area contributed by atoms with Crippen molar-refractivity contribution in [3.8, 4) is 11.6 Å². The van der Waals surface area contributed by atoms with Gasteiger partial charge in [-0.25, -0.2) is 19.6 Å². The molecular weight excluding hydrogens is 427 g/mol. The van der Waals surface area contributed by atoms with Crippen LogP contribution in [-0.2, 0) is 11.3 Å². The summed E-state index contributed by atoms with van der Waals surface area (Å²) in [5, 5.41) is 6.92. The molecule has 4 rings (SSSR count). The van der Waals surface area contributed by atoms with E-state index in [1.165, 1.54) is 41.6 Å². The largest absolute Gasteiger partial charge is 0.573 e. The SMILES string of the molecule is O=C(NCc1ccc(OC(F)(F)F)cc1)[C@H]1CCCN(c2cc(-n3cncn3)ncn2)C1. The van der Waals surface area contributed by atoms with Crippen molar-refractivity contribution in [2.24, 2.45) is 5.92 Å². The minimum Gasteiger partial charge on any atom is -0.406 e. The van der Waals surface area contributed by atoms with Crippen LogP contribution in [0.3, 0.4) is 0 Å². The molecule has 1 amide bonds. The molecule has 12 heteroatoms. The number of amides is 1. The van der Waals surface area contributed by atoms with Gasteiger partial charge in [0, 0.05) is 25.7 Å². The zero-order valence-electron chi connectivity index (χ0n) is 16.9. The average molecular weight is 447 g/mol. The molecule has 0 radical (unpaired) electrons. The fourth-order valence-electron chi connectivity index (χ4n) is 3.50. The van der Waals surface area contributed by atoms with Crippen molar-refractivity contribution in [1.29, 1.82) is 0 Å². The maximum atomic E-state index is 12.7. The van der Waals surface area contributed by atoms with E-state index in [0.29, 0.717) is 23.7 Å². The summed E-state index contributed by atoms with van der Waals surface area (Å²) >= 11 is 0. The first-order valence-corrected chi connectivity index (χ1v) is 9.92. The molecule has 1 N–H and O–H groups in total. The van der Waals surface area contributed by atoms with Crippen LogP contribution in [0.2, 0.25) is 0 Å². The molecule has 3 aromatic rings. The van der Waals surface area contributed by atoms with Gasteiger partial charge in [-0.05, 0) is 30.5 Å². The zero-order chi connectivity index (χ0) is 22.6. The summed E-state index contributed by atoms with van der Waals surface area (Å²) in [4.78, 5) is 27.1. The first-order valence-electron chi connectivity index (χ1n) is 9.92. The van der Waals surface area contributed by atoms with Crippen molar-refractivity contribution in [3.05, 3.63) is 54.9 Å². The molecule has 2 aromatic heterocycles. The average Bonchev–Trinajstić information content (AvgIpc) is 3.33. The van der Waals surface area contributed by atoms with Crippen LogP contribution in [0, 0.1) is 5.92 Å². The number of benzene rings is 1. The quantitative estimate of drug-likeness (QED) is 0.620. The normalized spacial score (nSPS) is 16.6. The van der Waals surface area contributed by atoms with Gasteiger partial charge in [-0.15, -0.1) is 13.2 Å². The number of piperidine rings is 1. The van der Waals surface area contributed by atoms with Gasteiger partial charge in [0.25, 0.3) is 0 Å². The molecule has 1 aromatic carbocycles. The number of anilines is 1. The molecule has 1 saturated heterocycles. The third kappa shape index (κ3) is 5.50. The molecule has 0 aliphatic carbocycles. The lowest BCUT2D eigenvalue weighted by Crippen LogP contribution is -2.43. The smallest absolute Gasteiger partial charge is 0.406 e. The number of carbonyl (C=O) groups is 1. The van der Waals surface area contributed by atoms with Crippen LogP contribution in [-0.4, -0.2) is 50.1 Å². The molecule has 1 aliphatic heterocycles. The highest BCUT2D eigenvalue weighted by atomic mass is 19.4. The molecule has 9 nitrogen and oxygen atoms in total. The fraction of sp³-hybridized carbons (Fsp3) is 0.350. The second-order valence-electron chi connectivity index (χ2n) is 7.27. The summed E-state index contributed by atoms with van der Waals surface area (Å²) < 4.78 is 42.1. The molecule has 0 saturated carbocycles. The van der Waals surface area contributed by atoms with Crippen molar-refractivity contribution in [3.63, 3.8) is 0 Å². The summed E-state index contributed by atoms with van der Waals surface area (Å²) in [6.45, 7) is 1.47. The van der Waals surface area contributed by atoms with E-state index in [0.717, 1.165) is 19.4 Å². The van der Waals surface area contributed by atoms with Crippen molar-refractivity contribution in [1.82, 2.24) is 30.0 Å². The van der Waals surface area contributed by atoms with Crippen molar-refractivity contribution in [2.75, 3.05) is 18.0 Å². The van der Waals surface area contributed by atoms with E-state index in [1.807, 2.05) is 4.90 Å². The molecule has 0 unspecified atom stereocenters. The lowest BCUT2D eigenvalue weighted by molar-refractivity contribution is -0.274. The predicted molar refractivity (Wildman–Crippen MR) is 107 cm³/mol. The highest BCUT2D eigenvalue weighted by Gasteiger charge is 2.31. The summed E-state index contributed by atoms with van der Waals surface area (Å²) in [5.41, 5.74) is 0.675. The Morgan fingerprint density at radius 3 is 2.66 bits per heavy atom. The van der Waals surface area contributed by atoms with Gasteiger partial charge in [0.2, 0.25) is 5.91 Å². The molecule has 168 valence electrons. The Hall–Kier alpha value is -3.70. The van der Waals surface area contributed by atoms with E-state index in [9.17, 15) is 18.0 Å². The maximum absolute atomic E-state index is 12.7. The first kappa shape index (κ1) is 21.5. The second kappa shape index (κ2) is 9.20. The molecule has 1 fully saturated rings. The van der Waals surface area contributed by atoms with Gasteiger partial charge in [-0.3, -0.25) is 4.79 Å². The van der Waals surface area contributed by atoms with Gasteiger partial charge < -0.3 is 15.0 Å². The van der Waals surface area contributed by atoms with Crippen LogP contribution < -0.4 is 15.0 Å². The second-order valence-corrected chi connectivity index (χ2v) is 7.27. The Morgan fingerprint density at radius 2 is 1.94 bits per heavy atom. The van der Waals surface area contributed by atoms with E-state index < -0.39 is 6.36 Å². The Labute approximate surface area is 181 Å². The van der Waals surface area contributed by atoms with E-state index in [1.54, 1.807) is 12.4 Å². The number of carbonyl (C=O) groups excluding carboxylic acids is 1.